The van der Waals surface area contributed by atoms with Gasteiger partial charge < -0.3 is 10.1 Å². The van der Waals surface area contributed by atoms with Crippen LogP contribution in [0.4, 0.5) is 5.69 Å². The first-order chi connectivity index (χ1) is 11.5. The van der Waals surface area contributed by atoms with E-state index in [0.29, 0.717) is 11.0 Å². The number of likely N-dealkylation sites (tertiary alicyclic amines) is 1. The van der Waals surface area contributed by atoms with Gasteiger partial charge >= 0.3 is 0 Å². The fourth-order valence-corrected chi connectivity index (χ4v) is 3.71. The lowest BCUT2D eigenvalue weighted by Crippen LogP contribution is -2.42. The third kappa shape index (κ3) is 3.68. The molecule has 5 heteroatoms. The van der Waals surface area contributed by atoms with Crippen LogP contribution in [0.3, 0.4) is 0 Å². The fourth-order valence-electron chi connectivity index (χ4n) is 3.71. The molecular weight excluding hydrogens is 304 g/mol. The quantitative estimate of drug-likeness (QED) is 0.863. The Hall–Kier alpha value is -1.72. The largest absolute Gasteiger partial charge is 0.381 e. The van der Waals surface area contributed by atoms with E-state index >= 15 is 0 Å². The van der Waals surface area contributed by atoms with Crippen LogP contribution >= 0.6 is 0 Å². The highest BCUT2D eigenvalue weighted by Crippen LogP contribution is 2.40. The molecule has 1 N–H and O–H groups in total. The predicted octanol–water partition coefficient (Wildman–Crippen LogP) is 2.72. The molecule has 1 unspecified atom stereocenters. The summed E-state index contributed by atoms with van der Waals surface area (Å²) in [5.74, 6) is 0.0368. The number of ether oxygens (including phenoxy) is 1. The summed E-state index contributed by atoms with van der Waals surface area (Å²) in [5, 5.41) is 2.96. The van der Waals surface area contributed by atoms with Gasteiger partial charge in [-0.15, -0.1) is 0 Å². The summed E-state index contributed by atoms with van der Waals surface area (Å²) in [6.07, 6.45) is 3.36. The molecule has 0 aromatic heterocycles. The molecule has 3 rings (SSSR count). The predicted molar refractivity (Wildman–Crippen MR) is 93.2 cm³/mol. The summed E-state index contributed by atoms with van der Waals surface area (Å²) < 4.78 is 5.48. The third-order valence-electron chi connectivity index (χ3n) is 5.51. The van der Waals surface area contributed by atoms with E-state index in [1.165, 1.54) is 6.92 Å². The van der Waals surface area contributed by atoms with E-state index < -0.39 is 0 Å². The normalized spacial score (nSPS) is 21.6. The average Bonchev–Trinajstić information content (AvgIpc) is 2.98. The van der Waals surface area contributed by atoms with Gasteiger partial charge in [0, 0.05) is 31.0 Å². The SMILES string of the molecule is CC(=O)c1ccc(NC(=O)C(C)N2CCC3(CCOCC3)C2)cc1. The summed E-state index contributed by atoms with van der Waals surface area (Å²) in [6.45, 7) is 7.15. The molecule has 2 heterocycles. The second kappa shape index (κ2) is 7.03. The Bertz CT molecular complexity index is 606. The lowest BCUT2D eigenvalue weighted by atomic mass is 9.80. The van der Waals surface area contributed by atoms with Crippen molar-refractivity contribution >= 4 is 17.4 Å². The zero-order chi connectivity index (χ0) is 17.2. The number of anilines is 1. The number of carbonyl (C=O) groups is 2. The number of Topliss-reactive ketones (excluding diaryl/α,β-unsaturated/α-hetero) is 1. The van der Waals surface area contributed by atoms with Crippen molar-refractivity contribution in [1.29, 1.82) is 0 Å². The zero-order valence-corrected chi connectivity index (χ0v) is 14.5. The van der Waals surface area contributed by atoms with Gasteiger partial charge in [0.15, 0.2) is 5.78 Å². The van der Waals surface area contributed by atoms with Crippen molar-refractivity contribution in [2.24, 2.45) is 5.41 Å². The Kier molecular flexibility index (Phi) is 5.01. The first kappa shape index (κ1) is 17.1. The van der Waals surface area contributed by atoms with Crippen LogP contribution in [-0.4, -0.2) is 48.9 Å². The Morgan fingerprint density at radius 1 is 1.17 bits per heavy atom. The summed E-state index contributed by atoms with van der Waals surface area (Å²) in [7, 11) is 0. The highest BCUT2D eigenvalue weighted by molar-refractivity contribution is 5.97. The molecule has 0 saturated carbocycles. The number of ketones is 1. The molecular formula is C19H26N2O3. The minimum Gasteiger partial charge on any atom is -0.381 e. The number of amides is 1. The topological polar surface area (TPSA) is 58.6 Å². The average molecular weight is 330 g/mol. The van der Waals surface area contributed by atoms with Gasteiger partial charge in [-0.1, -0.05) is 0 Å². The number of hydrogen-bond donors (Lipinski definition) is 1. The first-order valence-electron chi connectivity index (χ1n) is 8.73. The fraction of sp³-hybridized carbons (Fsp3) is 0.579. The molecule has 1 aromatic carbocycles. The second-order valence-corrected chi connectivity index (χ2v) is 7.13. The van der Waals surface area contributed by atoms with Gasteiger partial charge in [0.05, 0.1) is 6.04 Å². The van der Waals surface area contributed by atoms with E-state index in [-0.39, 0.29) is 17.7 Å². The van der Waals surface area contributed by atoms with Crippen molar-refractivity contribution in [3.8, 4) is 0 Å². The Morgan fingerprint density at radius 3 is 2.46 bits per heavy atom. The van der Waals surface area contributed by atoms with Crippen LogP contribution in [-0.2, 0) is 9.53 Å². The van der Waals surface area contributed by atoms with E-state index in [2.05, 4.69) is 10.2 Å². The van der Waals surface area contributed by atoms with Crippen LogP contribution in [0.15, 0.2) is 24.3 Å². The summed E-state index contributed by atoms with van der Waals surface area (Å²) in [5.41, 5.74) is 1.73. The molecule has 2 fully saturated rings. The van der Waals surface area contributed by atoms with Crippen molar-refractivity contribution in [3.05, 3.63) is 29.8 Å². The maximum absolute atomic E-state index is 12.5. The smallest absolute Gasteiger partial charge is 0.241 e. The van der Waals surface area contributed by atoms with Crippen molar-refractivity contribution in [3.63, 3.8) is 0 Å². The van der Waals surface area contributed by atoms with Crippen molar-refractivity contribution in [2.45, 2.75) is 39.2 Å². The number of benzene rings is 1. The maximum Gasteiger partial charge on any atom is 0.241 e. The van der Waals surface area contributed by atoms with Crippen LogP contribution in [0.1, 0.15) is 43.5 Å². The highest BCUT2D eigenvalue weighted by atomic mass is 16.5. The summed E-state index contributed by atoms with van der Waals surface area (Å²) >= 11 is 0. The molecule has 2 aliphatic heterocycles. The second-order valence-electron chi connectivity index (χ2n) is 7.13. The standard InChI is InChI=1S/C19H26N2O3/c1-14(21-10-7-19(13-21)8-11-24-12-9-19)18(23)20-17-5-3-16(4-6-17)15(2)22/h3-6,14H,7-13H2,1-2H3,(H,20,23). The van der Waals surface area contributed by atoms with E-state index in [4.69, 9.17) is 4.74 Å². The third-order valence-corrected chi connectivity index (χ3v) is 5.51. The van der Waals surface area contributed by atoms with Crippen LogP contribution in [0.2, 0.25) is 0 Å². The minimum atomic E-state index is -0.153. The molecule has 0 aliphatic carbocycles. The molecule has 1 aromatic rings. The number of rotatable bonds is 4. The Balaban J connectivity index is 1.57. The molecule has 0 radical (unpaired) electrons. The molecule has 5 nitrogen and oxygen atoms in total. The van der Waals surface area contributed by atoms with Gasteiger partial charge in [-0.2, -0.15) is 0 Å². The maximum atomic E-state index is 12.5. The van der Waals surface area contributed by atoms with Gasteiger partial charge in [-0.3, -0.25) is 14.5 Å². The van der Waals surface area contributed by atoms with E-state index in [1.54, 1.807) is 24.3 Å². The number of nitrogens with one attached hydrogen (secondary N) is 1. The van der Waals surface area contributed by atoms with Gasteiger partial charge in [-0.05, 0) is 69.3 Å². The van der Waals surface area contributed by atoms with Crippen molar-refractivity contribution in [1.82, 2.24) is 4.90 Å². The molecule has 2 aliphatic rings. The lowest BCUT2D eigenvalue weighted by Gasteiger charge is -2.34. The van der Waals surface area contributed by atoms with Crippen LogP contribution < -0.4 is 5.32 Å². The number of hydrogen-bond acceptors (Lipinski definition) is 4. The monoisotopic (exact) mass is 330 g/mol. The highest BCUT2D eigenvalue weighted by Gasteiger charge is 2.41. The number of carbonyl (C=O) groups excluding carboxylic acids is 2. The van der Waals surface area contributed by atoms with Crippen molar-refractivity contribution < 1.29 is 14.3 Å². The Morgan fingerprint density at radius 2 is 1.83 bits per heavy atom. The van der Waals surface area contributed by atoms with Crippen molar-refractivity contribution in [2.75, 3.05) is 31.6 Å². The zero-order valence-electron chi connectivity index (χ0n) is 14.5. The Labute approximate surface area is 143 Å². The molecule has 24 heavy (non-hydrogen) atoms. The molecule has 1 atom stereocenters. The minimum absolute atomic E-state index is 0.00897. The molecule has 130 valence electrons. The summed E-state index contributed by atoms with van der Waals surface area (Å²) in [6, 6.07) is 6.90. The van der Waals surface area contributed by atoms with E-state index in [9.17, 15) is 9.59 Å². The molecule has 1 spiro atoms. The van der Waals surface area contributed by atoms with Gasteiger partial charge in [0.25, 0.3) is 0 Å². The first-order valence-corrected chi connectivity index (χ1v) is 8.73. The molecule has 0 bridgehead atoms. The number of nitrogens with zero attached hydrogens (tertiary/aromatic N) is 1. The molecule has 1 amide bonds. The van der Waals surface area contributed by atoms with Crippen LogP contribution in [0.5, 0.6) is 0 Å². The van der Waals surface area contributed by atoms with Gasteiger partial charge in [0.2, 0.25) is 5.91 Å². The summed E-state index contributed by atoms with van der Waals surface area (Å²) in [4.78, 5) is 26.1. The molecule has 2 saturated heterocycles. The van der Waals surface area contributed by atoms with Crippen LogP contribution in [0, 0.1) is 5.41 Å². The van der Waals surface area contributed by atoms with Gasteiger partial charge in [-0.25, -0.2) is 0 Å². The van der Waals surface area contributed by atoms with Gasteiger partial charge in [0.1, 0.15) is 0 Å². The van der Waals surface area contributed by atoms with Crippen LogP contribution in [0.25, 0.3) is 0 Å². The lowest BCUT2D eigenvalue weighted by molar-refractivity contribution is -0.120. The van der Waals surface area contributed by atoms with E-state index in [1.807, 2.05) is 6.92 Å². The van der Waals surface area contributed by atoms with E-state index in [0.717, 1.165) is 51.3 Å².